The highest BCUT2D eigenvalue weighted by atomic mass is 32.2. The van der Waals surface area contributed by atoms with Crippen molar-refractivity contribution < 1.29 is 0 Å². The Morgan fingerprint density at radius 1 is 1.44 bits per heavy atom. The molecule has 2 aromatic rings. The molecule has 0 aliphatic rings. The fraction of sp³-hybridized carbons (Fsp3) is 0.300. The Morgan fingerprint density at radius 3 is 3.06 bits per heavy atom. The zero-order chi connectivity index (χ0) is 11.4. The molecule has 2 rings (SSSR count). The summed E-state index contributed by atoms with van der Waals surface area (Å²) in [4.78, 5) is 8.41. The third-order valence-corrected chi connectivity index (χ3v) is 3.15. The molecule has 16 heavy (non-hydrogen) atoms. The zero-order valence-corrected chi connectivity index (χ0v) is 9.81. The summed E-state index contributed by atoms with van der Waals surface area (Å²) in [5.41, 5.74) is 6.51. The smallest absolute Gasteiger partial charge is 0.138 e. The van der Waals surface area contributed by atoms with Gasteiger partial charge in [-0.1, -0.05) is 11.8 Å². The van der Waals surface area contributed by atoms with Gasteiger partial charge in [0.1, 0.15) is 17.2 Å². The minimum absolute atomic E-state index is 0.704. The average molecular weight is 235 g/mol. The molecule has 0 bridgehead atoms. The van der Waals surface area contributed by atoms with Crippen LogP contribution in [0.15, 0.2) is 29.7 Å². The number of hydrogen-bond acceptors (Lipinski definition) is 5. The number of pyridine rings is 1. The molecule has 0 atom stereocenters. The van der Waals surface area contributed by atoms with E-state index in [4.69, 9.17) is 5.73 Å². The molecule has 6 heteroatoms. The van der Waals surface area contributed by atoms with Crippen molar-refractivity contribution in [3.63, 3.8) is 0 Å². The normalized spacial score (nSPS) is 10.6. The summed E-state index contributed by atoms with van der Waals surface area (Å²) < 4.78 is 1.87. The maximum atomic E-state index is 5.80. The summed E-state index contributed by atoms with van der Waals surface area (Å²) >= 11 is 1.57. The molecule has 0 fully saturated rings. The number of rotatable bonds is 4. The first kappa shape index (κ1) is 10.9. The van der Waals surface area contributed by atoms with E-state index in [1.807, 2.05) is 23.7 Å². The van der Waals surface area contributed by atoms with Crippen LogP contribution >= 0.6 is 11.8 Å². The molecule has 0 aliphatic carbocycles. The van der Waals surface area contributed by atoms with Gasteiger partial charge in [0, 0.05) is 12.7 Å². The molecule has 0 amide bonds. The highest BCUT2D eigenvalue weighted by Crippen LogP contribution is 2.24. The van der Waals surface area contributed by atoms with Crippen molar-refractivity contribution >= 4 is 17.4 Å². The van der Waals surface area contributed by atoms with E-state index in [-0.39, 0.29) is 0 Å². The first-order valence-corrected chi connectivity index (χ1v) is 5.99. The van der Waals surface area contributed by atoms with Crippen molar-refractivity contribution in [1.29, 1.82) is 0 Å². The van der Waals surface area contributed by atoms with E-state index < -0.39 is 0 Å². The van der Waals surface area contributed by atoms with Crippen LogP contribution in [0.4, 0.5) is 5.69 Å². The number of hydrogen-bond donors (Lipinski definition) is 1. The first-order chi connectivity index (χ1) is 7.81. The van der Waals surface area contributed by atoms with Gasteiger partial charge in [0.15, 0.2) is 0 Å². The third kappa shape index (κ3) is 2.33. The molecule has 0 unspecified atom stereocenters. The topological polar surface area (TPSA) is 69.6 Å². The lowest BCUT2D eigenvalue weighted by Crippen LogP contribution is -2.02. The SMILES string of the molecule is CCn1ncnc1CSc1ncccc1N. The number of aromatic nitrogens is 4. The highest BCUT2D eigenvalue weighted by Gasteiger charge is 2.05. The number of nitrogen functional groups attached to an aromatic ring is 1. The van der Waals surface area contributed by atoms with Crippen LogP contribution < -0.4 is 5.73 Å². The van der Waals surface area contributed by atoms with Gasteiger partial charge in [0.2, 0.25) is 0 Å². The first-order valence-electron chi connectivity index (χ1n) is 5.01. The van der Waals surface area contributed by atoms with Gasteiger partial charge >= 0.3 is 0 Å². The van der Waals surface area contributed by atoms with Crippen molar-refractivity contribution in [3.05, 3.63) is 30.5 Å². The fourth-order valence-corrected chi connectivity index (χ4v) is 2.18. The van der Waals surface area contributed by atoms with E-state index in [2.05, 4.69) is 15.1 Å². The Bertz CT molecular complexity index is 468. The van der Waals surface area contributed by atoms with Gasteiger partial charge in [-0.05, 0) is 19.1 Å². The van der Waals surface area contributed by atoms with Gasteiger partial charge in [-0.2, -0.15) is 5.10 Å². The van der Waals surface area contributed by atoms with Gasteiger partial charge in [-0.25, -0.2) is 14.6 Å². The number of thioether (sulfide) groups is 1. The lowest BCUT2D eigenvalue weighted by atomic mass is 10.4. The number of nitrogens with zero attached hydrogens (tertiary/aromatic N) is 4. The average Bonchev–Trinajstić information content (AvgIpc) is 2.75. The second-order valence-electron chi connectivity index (χ2n) is 3.18. The molecule has 0 saturated carbocycles. The lowest BCUT2D eigenvalue weighted by Gasteiger charge is -2.04. The zero-order valence-electron chi connectivity index (χ0n) is 9.00. The predicted octanol–water partition coefficient (Wildman–Crippen LogP) is 1.57. The molecule has 0 saturated heterocycles. The fourth-order valence-electron chi connectivity index (χ4n) is 1.32. The van der Waals surface area contributed by atoms with Crippen molar-refractivity contribution in [2.75, 3.05) is 5.73 Å². The van der Waals surface area contributed by atoms with Crippen molar-refractivity contribution in [2.24, 2.45) is 0 Å². The van der Waals surface area contributed by atoms with Gasteiger partial charge < -0.3 is 5.73 Å². The molecule has 0 aliphatic heterocycles. The van der Waals surface area contributed by atoms with E-state index in [0.717, 1.165) is 23.1 Å². The largest absolute Gasteiger partial charge is 0.397 e. The van der Waals surface area contributed by atoms with E-state index in [1.165, 1.54) is 0 Å². The molecule has 0 aromatic carbocycles. The van der Waals surface area contributed by atoms with E-state index >= 15 is 0 Å². The number of nitrogens with two attached hydrogens (primary N) is 1. The summed E-state index contributed by atoms with van der Waals surface area (Å²) in [7, 11) is 0. The Hall–Kier alpha value is -1.56. The minimum atomic E-state index is 0.704. The van der Waals surface area contributed by atoms with E-state index in [9.17, 15) is 0 Å². The van der Waals surface area contributed by atoms with Crippen LogP contribution in [-0.2, 0) is 12.3 Å². The second-order valence-corrected chi connectivity index (χ2v) is 4.14. The molecular weight excluding hydrogens is 222 g/mol. The van der Waals surface area contributed by atoms with Crippen LogP contribution in [0.25, 0.3) is 0 Å². The number of anilines is 1. The van der Waals surface area contributed by atoms with Crippen LogP contribution in [0, 0.1) is 0 Å². The van der Waals surface area contributed by atoms with Crippen molar-refractivity contribution in [2.45, 2.75) is 24.2 Å². The Kier molecular flexibility index (Phi) is 3.40. The summed E-state index contributed by atoms with van der Waals surface area (Å²) in [5, 5.41) is 4.95. The maximum absolute atomic E-state index is 5.80. The molecule has 0 radical (unpaired) electrons. The van der Waals surface area contributed by atoms with Crippen molar-refractivity contribution in [3.8, 4) is 0 Å². The summed E-state index contributed by atoms with van der Waals surface area (Å²) in [5.74, 6) is 1.67. The van der Waals surface area contributed by atoms with Gasteiger partial charge in [0.25, 0.3) is 0 Å². The molecule has 84 valence electrons. The Labute approximate surface area is 98.1 Å². The van der Waals surface area contributed by atoms with Crippen LogP contribution in [0.1, 0.15) is 12.7 Å². The van der Waals surface area contributed by atoms with E-state index in [1.54, 1.807) is 24.3 Å². The molecule has 2 aromatic heterocycles. The summed E-state index contributed by atoms with van der Waals surface area (Å²) in [6.45, 7) is 2.87. The third-order valence-electron chi connectivity index (χ3n) is 2.13. The maximum Gasteiger partial charge on any atom is 0.138 e. The molecular formula is C10H13N5S. The van der Waals surface area contributed by atoms with Gasteiger partial charge in [0.05, 0.1) is 11.4 Å². The Morgan fingerprint density at radius 2 is 2.31 bits per heavy atom. The van der Waals surface area contributed by atoms with Crippen LogP contribution in [-0.4, -0.2) is 19.7 Å². The number of aryl methyl sites for hydroxylation is 1. The summed E-state index contributed by atoms with van der Waals surface area (Å²) in [6, 6.07) is 3.67. The molecule has 2 heterocycles. The Balaban J connectivity index is 2.05. The van der Waals surface area contributed by atoms with Crippen LogP contribution in [0.2, 0.25) is 0 Å². The predicted molar refractivity (Wildman–Crippen MR) is 63.9 cm³/mol. The summed E-state index contributed by atoms with van der Waals surface area (Å²) in [6.07, 6.45) is 3.31. The molecule has 2 N–H and O–H groups in total. The van der Waals surface area contributed by atoms with Gasteiger partial charge in [-0.3, -0.25) is 0 Å². The van der Waals surface area contributed by atoms with Crippen molar-refractivity contribution in [1.82, 2.24) is 19.7 Å². The molecule has 0 spiro atoms. The minimum Gasteiger partial charge on any atom is -0.397 e. The quantitative estimate of drug-likeness (QED) is 0.814. The second kappa shape index (κ2) is 4.98. The van der Waals surface area contributed by atoms with Crippen LogP contribution in [0.5, 0.6) is 0 Å². The standard InChI is InChI=1S/C10H13N5S/c1-2-15-9(13-7-14-15)6-16-10-8(11)4-3-5-12-10/h3-5,7H,2,6,11H2,1H3. The van der Waals surface area contributed by atoms with Gasteiger partial charge in [-0.15, -0.1) is 0 Å². The highest BCUT2D eigenvalue weighted by molar-refractivity contribution is 7.98. The molecule has 5 nitrogen and oxygen atoms in total. The van der Waals surface area contributed by atoms with Crippen LogP contribution in [0.3, 0.4) is 0 Å². The monoisotopic (exact) mass is 235 g/mol. The lowest BCUT2D eigenvalue weighted by molar-refractivity contribution is 0.632. The van der Waals surface area contributed by atoms with E-state index in [0.29, 0.717) is 5.69 Å².